The fourth-order valence-corrected chi connectivity index (χ4v) is 6.98. The van der Waals surface area contributed by atoms with Crippen molar-refractivity contribution in [2.75, 3.05) is 19.7 Å². The van der Waals surface area contributed by atoms with Gasteiger partial charge in [0.2, 0.25) is 5.88 Å². The third-order valence-corrected chi connectivity index (χ3v) is 9.59. The van der Waals surface area contributed by atoms with Crippen LogP contribution in [0.2, 0.25) is 0 Å². The smallest absolute Gasteiger partial charge is 0.335 e. The Labute approximate surface area is 226 Å². The molecule has 4 N–H and O–H groups in total. The summed E-state index contributed by atoms with van der Waals surface area (Å²) >= 11 is 0. The first kappa shape index (κ1) is 28.4. The molecule has 0 atom stereocenters. The number of hydrogen-bond acceptors (Lipinski definition) is 8. The van der Waals surface area contributed by atoms with Gasteiger partial charge in [0.1, 0.15) is 5.75 Å². The number of nitrogens with zero attached hydrogens (tertiary/aromatic N) is 2. The number of aromatic nitrogens is 2. The van der Waals surface area contributed by atoms with Crippen molar-refractivity contribution in [3.05, 3.63) is 70.8 Å². The molecule has 1 aliphatic heterocycles. The van der Waals surface area contributed by atoms with Crippen LogP contribution in [0.25, 0.3) is 5.69 Å². The maximum absolute atomic E-state index is 13.4. The summed E-state index contributed by atoms with van der Waals surface area (Å²) in [7, 11) is -4.09. The quantitative estimate of drug-likeness (QED) is 0.168. The third kappa shape index (κ3) is 5.32. The summed E-state index contributed by atoms with van der Waals surface area (Å²) in [6.07, 6.45) is 0.490. The number of aromatic hydroxyl groups is 1. The van der Waals surface area contributed by atoms with E-state index in [1.807, 2.05) is 44.2 Å². The van der Waals surface area contributed by atoms with Gasteiger partial charge in [0.05, 0.1) is 22.9 Å². The van der Waals surface area contributed by atoms with Crippen molar-refractivity contribution in [3.8, 4) is 17.3 Å². The number of para-hydroxylation sites is 1. The van der Waals surface area contributed by atoms with Crippen LogP contribution in [0, 0.1) is 0 Å². The Kier molecular flexibility index (Phi) is 8.48. The predicted molar refractivity (Wildman–Crippen MR) is 144 cm³/mol. The average Bonchev–Trinajstić information content (AvgIpc) is 3.20. The van der Waals surface area contributed by atoms with Gasteiger partial charge in [-0.25, -0.2) is 18.7 Å². The van der Waals surface area contributed by atoms with E-state index in [0.717, 1.165) is 0 Å². The van der Waals surface area contributed by atoms with Crippen molar-refractivity contribution >= 4 is 15.7 Å². The lowest BCUT2D eigenvalue weighted by Crippen LogP contribution is -2.57. The summed E-state index contributed by atoms with van der Waals surface area (Å²) in [4.78, 5) is 25.5. The number of carbonyl (C=O) groups excluding carboxylic acids is 1. The number of imidazole rings is 1. The highest BCUT2D eigenvalue weighted by molar-refractivity contribution is 7.93. The molecule has 0 radical (unpaired) electrons. The van der Waals surface area contributed by atoms with Crippen molar-refractivity contribution in [2.24, 2.45) is 0 Å². The van der Waals surface area contributed by atoms with Crippen LogP contribution < -0.4 is 21.2 Å². The van der Waals surface area contributed by atoms with E-state index in [1.165, 1.54) is 38.9 Å². The SMILES string of the molecule is CC(C)c1c(O)n(CCCOc2ccc(S(=O)(=O)C3(C(=O)NO)CCNCC3)cc2)c(=O)n1-c1ccccc1. The molecular formula is C27H34N4O7S. The first-order chi connectivity index (χ1) is 18.6. The number of piperidine rings is 1. The molecule has 11 nitrogen and oxygen atoms in total. The zero-order chi connectivity index (χ0) is 28.2. The highest BCUT2D eigenvalue weighted by Gasteiger charge is 2.51. The number of carbonyl (C=O) groups is 1. The van der Waals surface area contributed by atoms with Crippen molar-refractivity contribution < 1.29 is 28.3 Å². The van der Waals surface area contributed by atoms with Gasteiger partial charge < -0.3 is 15.2 Å². The molecule has 1 aromatic heterocycles. The number of sulfone groups is 1. The summed E-state index contributed by atoms with van der Waals surface area (Å²) in [6.45, 7) is 4.93. The minimum Gasteiger partial charge on any atom is -0.494 e. The second-order valence-electron chi connectivity index (χ2n) is 9.83. The Balaban J connectivity index is 1.44. The monoisotopic (exact) mass is 558 g/mol. The maximum atomic E-state index is 13.4. The van der Waals surface area contributed by atoms with Crippen LogP contribution >= 0.6 is 0 Å². The average molecular weight is 559 g/mol. The van der Waals surface area contributed by atoms with Crippen LogP contribution in [0.1, 0.15) is 44.7 Å². The number of amides is 1. The molecule has 39 heavy (non-hydrogen) atoms. The van der Waals surface area contributed by atoms with E-state index in [4.69, 9.17) is 4.74 Å². The number of nitrogens with one attached hydrogen (secondary N) is 2. The topological polar surface area (TPSA) is 152 Å². The van der Waals surface area contributed by atoms with Crippen LogP contribution in [-0.4, -0.2) is 58.2 Å². The number of hydrogen-bond donors (Lipinski definition) is 4. The van der Waals surface area contributed by atoms with E-state index >= 15 is 0 Å². The number of ether oxygens (including phenoxy) is 1. The molecule has 0 aliphatic carbocycles. The molecule has 0 spiro atoms. The Hall–Kier alpha value is -3.61. The fourth-order valence-electron chi connectivity index (χ4n) is 5.00. The number of hydroxylamine groups is 1. The highest BCUT2D eigenvalue weighted by atomic mass is 32.2. The lowest BCUT2D eigenvalue weighted by Gasteiger charge is -2.34. The van der Waals surface area contributed by atoms with Gasteiger partial charge in [-0.2, -0.15) is 0 Å². The summed E-state index contributed by atoms with van der Waals surface area (Å²) in [6, 6.07) is 14.9. The first-order valence-corrected chi connectivity index (χ1v) is 14.3. The lowest BCUT2D eigenvalue weighted by molar-refractivity contribution is -0.132. The van der Waals surface area contributed by atoms with E-state index in [1.54, 1.807) is 0 Å². The minimum absolute atomic E-state index is 0.0384. The molecule has 12 heteroatoms. The molecule has 4 rings (SSSR count). The molecular weight excluding hydrogens is 524 g/mol. The molecule has 1 amide bonds. The molecule has 1 saturated heterocycles. The summed E-state index contributed by atoms with van der Waals surface area (Å²) in [5.74, 6) is -0.685. The largest absolute Gasteiger partial charge is 0.494 e. The van der Waals surface area contributed by atoms with E-state index in [9.17, 15) is 28.3 Å². The highest BCUT2D eigenvalue weighted by Crippen LogP contribution is 2.35. The van der Waals surface area contributed by atoms with Crippen LogP contribution in [0.15, 0.2) is 64.3 Å². The fraction of sp³-hybridized carbons (Fsp3) is 0.407. The van der Waals surface area contributed by atoms with Crippen molar-refractivity contribution in [1.82, 2.24) is 19.9 Å². The second kappa shape index (κ2) is 11.6. The van der Waals surface area contributed by atoms with Gasteiger partial charge >= 0.3 is 5.69 Å². The third-order valence-electron chi connectivity index (χ3n) is 7.08. The van der Waals surface area contributed by atoms with Crippen LogP contribution in [0.4, 0.5) is 0 Å². The van der Waals surface area contributed by atoms with E-state index in [0.29, 0.717) is 36.6 Å². The second-order valence-corrected chi connectivity index (χ2v) is 12.1. The Morgan fingerprint density at radius 2 is 1.74 bits per heavy atom. The molecule has 3 aromatic rings. The maximum Gasteiger partial charge on any atom is 0.335 e. The normalized spacial score (nSPS) is 15.3. The van der Waals surface area contributed by atoms with Gasteiger partial charge in [-0.05, 0) is 74.7 Å². The molecule has 0 unspecified atom stereocenters. The number of rotatable bonds is 10. The van der Waals surface area contributed by atoms with E-state index in [-0.39, 0.29) is 48.4 Å². The van der Waals surface area contributed by atoms with Crippen LogP contribution in [-0.2, 0) is 21.2 Å². The van der Waals surface area contributed by atoms with Crippen LogP contribution in [0.5, 0.6) is 11.6 Å². The van der Waals surface area contributed by atoms with Gasteiger partial charge in [0.25, 0.3) is 5.91 Å². The molecule has 1 aliphatic rings. The van der Waals surface area contributed by atoms with Gasteiger partial charge in [0.15, 0.2) is 14.6 Å². The van der Waals surface area contributed by atoms with Crippen molar-refractivity contribution in [1.29, 1.82) is 0 Å². The zero-order valence-corrected chi connectivity index (χ0v) is 22.8. The van der Waals surface area contributed by atoms with Crippen molar-refractivity contribution in [3.63, 3.8) is 0 Å². The summed E-state index contributed by atoms with van der Waals surface area (Å²) in [5, 5.41) is 23.1. The van der Waals surface area contributed by atoms with Crippen molar-refractivity contribution in [2.45, 2.75) is 55.2 Å². The minimum atomic E-state index is -4.09. The standard InChI is InChI=1S/C27H34N4O7S/c1-19(2)23-24(32)30(26(34)31(23)20-7-4-3-5-8-20)17-6-18-38-21-9-11-22(12-10-21)39(36,37)27(25(33)29-35)13-15-28-16-14-27/h3-5,7-12,19,28,32,35H,6,13-18H2,1-2H3,(H,29,33). The molecule has 0 bridgehead atoms. The van der Waals surface area contributed by atoms with Crippen LogP contribution in [0.3, 0.4) is 0 Å². The lowest BCUT2D eigenvalue weighted by atomic mass is 9.96. The summed E-state index contributed by atoms with van der Waals surface area (Å²) < 4.78 is 33.6. The molecule has 1 fully saturated rings. The first-order valence-electron chi connectivity index (χ1n) is 12.9. The molecule has 210 valence electrons. The Bertz CT molecular complexity index is 1460. The number of benzene rings is 2. The van der Waals surface area contributed by atoms with Gasteiger partial charge in [-0.15, -0.1) is 0 Å². The van der Waals surface area contributed by atoms with Gasteiger partial charge in [-0.1, -0.05) is 32.0 Å². The Morgan fingerprint density at radius 1 is 1.10 bits per heavy atom. The van der Waals surface area contributed by atoms with Gasteiger partial charge in [-0.3, -0.25) is 19.1 Å². The molecule has 0 saturated carbocycles. The zero-order valence-electron chi connectivity index (χ0n) is 22.0. The Morgan fingerprint density at radius 3 is 2.33 bits per heavy atom. The summed E-state index contributed by atoms with van der Waals surface area (Å²) in [5.41, 5.74) is 2.40. The predicted octanol–water partition coefficient (Wildman–Crippen LogP) is 2.34. The van der Waals surface area contributed by atoms with E-state index in [2.05, 4.69) is 5.32 Å². The molecule has 2 heterocycles. The van der Waals surface area contributed by atoms with E-state index < -0.39 is 20.5 Å². The molecule has 2 aromatic carbocycles. The van der Waals surface area contributed by atoms with Gasteiger partial charge in [0, 0.05) is 6.54 Å².